The Morgan fingerprint density at radius 3 is 2.33 bits per heavy atom. The molecule has 0 radical (unpaired) electrons. The molecule has 4 unspecified atom stereocenters. The molecule has 3 aliphatic rings. The minimum Gasteiger partial charge on any atom is -0.341 e. The fourth-order valence-electron chi connectivity index (χ4n) is 6.16. The molecule has 214 valence electrons. The largest absolute Gasteiger partial charge is 0.341 e. The zero-order valence-corrected chi connectivity index (χ0v) is 24.2. The maximum Gasteiger partial charge on any atom is 0.315 e. The number of amides is 5. The Labute approximate surface area is 239 Å². The van der Waals surface area contributed by atoms with Gasteiger partial charge in [-0.1, -0.05) is 36.2 Å². The van der Waals surface area contributed by atoms with Crippen LogP contribution in [0.4, 0.5) is 4.79 Å². The maximum atomic E-state index is 13.5. The van der Waals surface area contributed by atoms with Crippen LogP contribution in [0, 0.1) is 0 Å². The third-order valence-electron chi connectivity index (χ3n) is 8.24. The van der Waals surface area contributed by atoms with Crippen molar-refractivity contribution in [3.63, 3.8) is 0 Å². The molecule has 3 N–H and O–H groups in total. The minimum atomic E-state index is -0.550. The van der Waals surface area contributed by atoms with Crippen molar-refractivity contribution in [2.24, 2.45) is 0 Å². The van der Waals surface area contributed by atoms with E-state index in [1.165, 1.54) is 14.0 Å². The summed E-state index contributed by atoms with van der Waals surface area (Å²) in [5.74, 6) is -0.102. The lowest BCUT2D eigenvalue weighted by Crippen LogP contribution is -2.58. The van der Waals surface area contributed by atoms with Crippen LogP contribution in [0.1, 0.15) is 57.6 Å². The van der Waals surface area contributed by atoms with Crippen molar-refractivity contribution in [2.45, 2.75) is 76.2 Å². The summed E-state index contributed by atoms with van der Waals surface area (Å²) in [6.45, 7) is 4.90. The van der Waals surface area contributed by atoms with E-state index in [0.717, 1.165) is 31.2 Å². The van der Waals surface area contributed by atoms with Crippen LogP contribution in [0.15, 0.2) is 18.2 Å². The van der Waals surface area contributed by atoms with Gasteiger partial charge in [-0.3, -0.25) is 14.4 Å². The summed E-state index contributed by atoms with van der Waals surface area (Å²) in [6.07, 6.45) is 3.90. The number of piperazine rings is 1. The lowest BCUT2D eigenvalue weighted by Gasteiger charge is -2.43. The predicted molar refractivity (Wildman–Crippen MR) is 150 cm³/mol. The van der Waals surface area contributed by atoms with Crippen molar-refractivity contribution in [3.05, 3.63) is 33.8 Å². The smallest absolute Gasteiger partial charge is 0.315 e. The SMILES string of the molecule is CCC(NC(=O)NC)C(=O)N1C2CCC1CC(NCC(=O)N1CCN(C(C)=O)CC1c1ccc(Cl)c(Cl)c1)C2. The number of halogens is 2. The number of benzene rings is 1. The molecular weight excluding hydrogens is 543 g/mol. The number of nitrogens with one attached hydrogen (secondary N) is 3. The topological polar surface area (TPSA) is 114 Å². The molecule has 1 aromatic carbocycles. The minimum absolute atomic E-state index is 0.0297. The fourth-order valence-corrected chi connectivity index (χ4v) is 6.46. The van der Waals surface area contributed by atoms with Gasteiger partial charge >= 0.3 is 6.03 Å². The molecule has 0 saturated carbocycles. The average Bonchev–Trinajstić information content (AvgIpc) is 3.20. The first-order valence-electron chi connectivity index (χ1n) is 13.7. The zero-order chi connectivity index (χ0) is 28.3. The highest BCUT2D eigenvalue weighted by Crippen LogP contribution is 2.37. The molecule has 4 rings (SSSR count). The first kappa shape index (κ1) is 29.4. The third kappa shape index (κ3) is 6.61. The van der Waals surface area contributed by atoms with E-state index in [4.69, 9.17) is 23.2 Å². The Morgan fingerprint density at radius 1 is 1.05 bits per heavy atom. The second-order valence-electron chi connectivity index (χ2n) is 10.6. The molecule has 5 amide bonds. The predicted octanol–water partition coefficient (Wildman–Crippen LogP) is 2.54. The molecule has 0 spiro atoms. The summed E-state index contributed by atoms with van der Waals surface area (Å²) in [7, 11) is 1.53. The number of urea groups is 1. The van der Waals surface area contributed by atoms with E-state index < -0.39 is 6.04 Å². The van der Waals surface area contributed by atoms with Crippen LogP contribution >= 0.6 is 23.2 Å². The average molecular weight is 582 g/mol. The van der Waals surface area contributed by atoms with E-state index in [1.54, 1.807) is 17.0 Å². The standard InChI is InChI=1S/C27H38Cl2N6O4/c1-4-23(32-27(39)30-3)26(38)35-19-6-7-20(35)13-18(12-19)31-14-25(37)34-10-9-33(16(2)36)15-24(34)17-5-8-21(28)22(29)11-17/h5,8,11,18-20,23-24,31H,4,6-7,9-10,12-15H2,1-3H3,(H2,30,32,39). The van der Waals surface area contributed by atoms with Gasteiger partial charge in [0.15, 0.2) is 0 Å². The van der Waals surface area contributed by atoms with Gasteiger partial charge in [0.1, 0.15) is 6.04 Å². The molecule has 1 aromatic rings. The summed E-state index contributed by atoms with van der Waals surface area (Å²) >= 11 is 12.4. The highest BCUT2D eigenvalue weighted by atomic mass is 35.5. The number of piperidine rings is 1. The molecule has 2 bridgehead atoms. The van der Waals surface area contributed by atoms with Gasteiger partial charge in [-0.15, -0.1) is 0 Å². The van der Waals surface area contributed by atoms with E-state index in [0.29, 0.717) is 36.1 Å². The summed E-state index contributed by atoms with van der Waals surface area (Å²) in [5.41, 5.74) is 0.837. The molecule has 0 aliphatic carbocycles. The fraction of sp³-hybridized carbons (Fsp3) is 0.630. The molecule has 10 nitrogen and oxygen atoms in total. The first-order chi connectivity index (χ1) is 18.6. The van der Waals surface area contributed by atoms with Crippen LogP contribution < -0.4 is 16.0 Å². The molecule has 3 saturated heterocycles. The monoisotopic (exact) mass is 580 g/mol. The highest BCUT2D eigenvalue weighted by molar-refractivity contribution is 6.42. The second-order valence-corrected chi connectivity index (χ2v) is 11.4. The van der Waals surface area contributed by atoms with E-state index in [2.05, 4.69) is 16.0 Å². The van der Waals surface area contributed by atoms with Crippen molar-refractivity contribution < 1.29 is 19.2 Å². The van der Waals surface area contributed by atoms with Crippen LogP contribution in [0.25, 0.3) is 0 Å². The summed E-state index contributed by atoms with van der Waals surface area (Å²) in [5, 5.41) is 9.57. The summed E-state index contributed by atoms with van der Waals surface area (Å²) in [4.78, 5) is 56.1. The Kier molecular flexibility index (Phi) is 9.61. The van der Waals surface area contributed by atoms with Crippen LogP contribution in [0.2, 0.25) is 10.0 Å². The van der Waals surface area contributed by atoms with Gasteiger partial charge in [-0.2, -0.15) is 0 Å². The first-order valence-corrected chi connectivity index (χ1v) is 14.4. The highest BCUT2D eigenvalue weighted by Gasteiger charge is 2.45. The molecule has 39 heavy (non-hydrogen) atoms. The number of carbonyl (C=O) groups is 4. The quantitative estimate of drug-likeness (QED) is 0.458. The van der Waals surface area contributed by atoms with E-state index in [-0.39, 0.29) is 54.5 Å². The second kappa shape index (κ2) is 12.7. The van der Waals surface area contributed by atoms with Gasteiger partial charge < -0.3 is 30.7 Å². The van der Waals surface area contributed by atoms with Crippen molar-refractivity contribution in [1.29, 1.82) is 0 Å². The number of fused-ring (bicyclic) bond motifs is 2. The molecule has 12 heteroatoms. The number of hydrogen-bond acceptors (Lipinski definition) is 5. The number of nitrogens with zero attached hydrogens (tertiary/aromatic N) is 3. The third-order valence-corrected chi connectivity index (χ3v) is 8.98. The van der Waals surface area contributed by atoms with Gasteiger partial charge in [0, 0.05) is 51.7 Å². The normalized spacial score (nSPS) is 25.3. The molecule has 4 atom stereocenters. The van der Waals surface area contributed by atoms with E-state index in [9.17, 15) is 19.2 Å². The van der Waals surface area contributed by atoms with Crippen LogP contribution in [-0.2, 0) is 14.4 Å². The molecule has 3 heterocycles. The van der Waals surface area contributed by atoms with Crippen molar-refractivity contribution in [3.8, 4) is 0 Å². The van der Waals surface area contributed by atoms with Crippen molar-refractivity contribution in [1.82, 2.24) is 30.7 Å². The Morgan fingerprint density at radius 2 is 1.74 bits per heavy atom. The van der Waals surface area contributed by atoms with Gasteiger partial charge in [0.2, 0.25) is 17.7 Å². The Hall–Kier alpha value is -2.56. The number of rotatable bonds is 7. The lowest BCUT2D eigenvalue weighted by molar-refractivity contribution is -0.142. The van der Waals surface area contributed by atoms with Crippen LogP contribution in [-0.4, -0.2) is 95.8 Å². The van der Waals surface area contributed by atoms with Crippen LogP contribution in [0.3, 0.4) is 0 Å². The summed E-state index contributed by atoms with van der Waals surface area (Å²) in [6, 6.07) is 4.39. The van der Waals surface area contributed by atoms with E-state index in [1.807, 2.05) is 22.8 Å². The summed E-state index contributed by atoms with van der Waals surface area (Å²) < 4.78 is 0. The van der Waals surface area contributed by atoms with E-state index >= 15 is 0 Å². The van der Waals surface area contributed by atoms with Crippen molar-refractivity contribution in [2.75, 3.05) is 33.2 Å². The molecular formula is C27H38Cl2N6O4. The molecule has 0 aromatic heterocycles. The Balaban J connectivity index is 1.38. The van der Waals surface area contributed by atoms with Crippen molar-refractivity contribution >= 4 is 47.0 Å². The lowest BCUT2D eigenvalue weighted by atomic mass is 9.96. The molecule has 3 fully saturated rings. The van der Waals surface area contributed by atoms with Gasteiger partial charge in [-0.25, -0.2) is 4.79 Å². The van der Waals surface area contributed by atoms with Gasteiger partial charge in [0.25, 0.3) is 0 Å². The van der Waals surface area contributed by atoms with Gasteiger partial charge in [0.05, 0.1) is 22.6 Å². The number of hydrogen-bond donors (Lipinski definition) is 3. The van der Waals surface area contributed by atoms with Gasteiger partial charge in [-0.05, 0) is 49.8 Å². The Bertz CT molecular complexity index is 1090. The number of carbonyl (C=O) groups excluding carboxylic acids is 4. The van der Waals surface area contributed by atoms with Crippen LogP contribution in [0.5, 0.6) is 0 Å². The zero-order valence-electron chi connectivity index (χ0n) is 22.7. The maximum absolute atomic E-state index is 13.5. The molecule has 3 aliphatic heterocycles.